The van der Waals surface area contributed by atoms with Crippen LogP contribution >= 0.6 is 0 Å². The van der Waals surface area contributed by atoms with Gasteiger partial charge in [-0.3, -0.25) is 38.7 Å². The zero-order valence-electron chi connectivity index (χ0n) is 22.7. The van der Waals surface area contributed by atoms with E-state index in [1.165, 1.54) is 24.3 Å². The third-order valence-electron chi connectivity index (χ3n) is 7.30. The molecule has 6 rings (SSSR count). The summed E-state index contributed by atoms with van der Waals surface area (Å²) >= 11 is 0. The van der Waals surface area contributed by atoms with Gasteiger partial charge in [0, 0.05) is 34.4 Å². The van der Waals surface area contributed by atoms with Crippen LogP contribution in [-0.4, -0.2) is 23.1 Å². The predicted molar refractivity (Wildman–Crippen MR) is 151 cm³/mol. The lowest BCUT2D eigenvalue weighted by molar-refractivity contribution is -0.0849. The summed E-state index contributed by atoms with van der Waals surface area (Å²) in [6, 6.07) is 22.1. The molecule has 4 aromatic rings. The summed E-state index contributed by atoms with van der Waals surface area (Å²) < 4.78 is 0. The summed E-state index contributed by atoms with van der Waals surface area (Å²) in [4.78, 5) is 73.8. The molecule has 0 saturated heterocycles. The van der Waals surface area contributed by atoms with Gasteiger partial charge in [-0.05, 0) is 37.6 Å². The zero-order valence-corrected chi connectivity index (χ0v) is 22.7. The Balaban J connectivity index is 1.24. The molecule has 0 atom stereocenters. The van der Waals surface area contributed by atoms with Crippen LogP contribution in [0.4, 0.5) is 0 Å². The molecule has 2 aliphatic heterocycles. The molecule has 0 saturated carbocycles. The van der Waals surface area contributed by atoms with Gasteiger partial charge in [0.15, 0.2) is 46.1 Å². The van der Waals surface area contributed by atoms with Crippen molar-refractivity contribution in [2.45, 2.75) is 20.3 Å². The molecule has 0 aromatic heterocycles. The highest BCUT2D eigenvalue weighted by molar-refractivity contribution is 6.21. The lowest BCUT2D eigenvalue weighted by atomic mass is 9.75. The van der Waals surface area contributed by atoms with Gasteiger partial charge in [-0.15, -0.1) is 0 Å². The Morgan fingerprint density at radius 3 is 1.40 bits per heavy atom. The second-order valence-electron chi connectivity index (χ2n) is 10.1. The van der Waals surface area contributed by atoms with Gasteiger partial charge in [0.05, 0.1) is 11.1 Å². The molecule has 0 radical (unpaired) electrons. The first kappa shape index (κ1) is 26.7. The maximum atomic E-state index is 13.8. The molecule has 4 aromatic carbocycles. The molecule has 0 fully saturated rings. The topological polar surface area (TPSA) is 105 Å². The lowest BCUT2D eigenvalue weighted by Crippen LogP contribution is -2.35. The number of Topliss-reactive ketones (excluding diaryl/α,β-unsaturated/α-hetero) is 2. The molecular formula is C34H24O8. The van der Waals surface area contributed by atoms with Gasteiger partial charge in [-0.25, -0.2) is 0 Å². The Labute approximate surface area is 241 Å². The number of hydrogen-bond donors (Lipinski definition) is 0. The molecular weight excluding hydrogens is 536 g/mol. The van der Waals surface area contributed by atoms with E-state index in [0.717, 1.165) is 0 Å². The molecule has 0 spiro atoms. The minimum Gasteiger partial charge on any atom is -0.293 e. The van der Waals surface area contributed by atoms with Crippen molar-refractivity contribution in [1.82, 2.24) is 0 Å². The molecule has 208 valence electrons. The first-order valence-corrected chi connectivity index (χ1v) is 13.3. The summed E-state index contributed by atoms with van der Waals surface area (Å²) in [5.74, 6) is 0.268. The van der Waals surface area contributed by atoms with Crippen LogP contribution in [0.5, 0.6) is 23.0 Å². The van der Waals surface area contributed by atoms with E-state index in [2.05, 4.69) is 0 Å². The maximum absolute atomic E-state index is 13.8. The number of allylic oxidation sites excluding steroid dienone is 2. The standard InChI is InChI=1S/C34H24O8/c1-3-4-17-34(2,32(37)22-9-5-20(6-10-22)30(35)26-15-13-24-18-28(26)41-39-24)33(38)23-11-7-21(8-12-23)31(36)27-16-14-25-19-29(27)42-40-25/h4-19H,3H2,1-2H3/b17-4+. The van der Waals surface area contributed by atoms with E-state index in [1.807, 2.05) is 6.92 Å². The van der Waals surface area contributed by atoms with Crippen LogP contribution in [-0.2, 0) is 0 Å². The van der Waals surface area contributed by atoms with Crippen molar-refractivity contribution in [3.8, 4) is 23.0 Å². The number of hydrogen-bond acceptors (Lipinski definition) is 8. The number of carbonyl (C=O) groups excluding carboxylic acids is 4. The van der Waals surface area contributed by atoms with Gasteiger partial charge in [0.25, 0.3) is 0 Å². The van der Waals surface area contributed by atoms with Crippen LogP contribution in [0.2, 0.25) is 0 Å². The van der Waals surface area contributed by atoms with Gasteiger partial charge >= 0.3 is 0 Å². The molecule has 0 unspecified atom stereocenters. The van der Waals surface area contributed by atoms with Gasteiger partial charge in [-0.1, -0.05) is 67.6 Å². The molecule has 8 nitrogen and oxygen atoms in total. The highest BCUT2D eigenvalue weighted by Crippen LogP contribution is 2.35. The molecule has 0 amide bonds. The Hall–Kier alpha value is -5.50. The summed E-state index contributed by atoms with van der Waals surface area (Å²) in [5.41, 5.74) is 0.417. The summed E-state index contributed by atoms with van der Waals surface area (Å²) in [5, 5.41) is 0. The van der Waals surface area contributed by atoms with Gasteiger partial charge in [-0.2, -0.15) is 0 Å². The van der Waals surface area contributed by atoms with Crippen molar-refractivity contribution in [1.29, 1.82) is 0 Å². The fourth-order valence-electron chi connectivity index (χ4n) is 4.87. The summed E-state index contributed by atoms with van der Waals surface area (Å²) in [6.45, 7) is 3.48. The fourth-order valence-corrected chi connectivity index (χ4v) is 4.87. The molecule has 4 bridgehead atoms. The first-order valence-electron chi connectivity index (χ1n) is 13.3. The molecule has 0 N–H and O–H groups in total. The third-order valence-corrected chi connectivity index (χ3v) is 7.30. The Morgan fingerprint density at radius 1 is 0.595 bits per heavy atom. The Kier molecular flexibility index (Phi) is 6.66. The van der Waals surface area contributed by atoms with Crippen LogP contribution < -0.4 is 19.6 Å². The smallest absolute Gasteiger partial charge is 0.196 e. The highest BCUT2D eigenvalue weighted by atomic mass is 17.2. The van der Waals surface area contributed by atoms with Crippen molar-refractivity contribution in [2.75, 3.05) is 0 Å². The van der Waals surface area contributed by atoms with E-state index in [0.29, 0.717) is 51.7 Å². The zero-order chi connectivity index (χ0) is 29.4. The van der Waals surface area contributed by atoms with Gasteiger partial charge in [0.2, 0.25) is 0 Å². The lowest BCUT2D eigenvalue weighted by Gasteiger charge is -2.24. The van der Waals surface area contributed by atoms with E-state index in [-0.39, 0.29) is 22.7 Å². The van der Waals surface area contributed by atoms with Crippen molar-refractivity contribution >= 4 is 23.1 Å². The van der Waals surface area contributed by atoms with Gasteiger partial charge in [0.1, 0.15) is 5.41 Å². The van der Waals surface area contributed by atoms with Crippen LogP contribution in [0.25, 0.3) is 0 Å². The molecule has 42 heavy (non-hydrogen) atoms. The van der Waals surface area contributed by atoms with E-state index in [4.69, 9.17) is 19.6 Å². The minimum atomic E-state index is -1.52. The van der Waals surface area contributed by atoms with Crippen molar-refractivity contribution in [2.24, 2.45) is 5.41 Å². The number of ketones is 4. The SMILES string of the molecule is CC/C=C/C(C)(C(=O)c1ccc(C(=O)c2ccc3cc2OO3)cc1)C(=O)c1ccc(C(=O)c2ccc3cc2OO3)cc1. The molecule has 2 aliphatic rings. The van der Waals surface area contributed by atoms with E-state index >= 15 is 0 Å². The largest absolute Gasteiger partial charge is 0.293 e. The normalized spacial score (nSPS) is 12.7. The molecule has 0 aliphatic carbocycles. The third kappa shape index (κ3) is 4.62. The van der Waals surface area contributed by atoms with Crippen LogP contribution in [0.15, 0.2) is 97.1 Å². The fraction of sp³-hybridized carbons (Fsp3) is 0.118. The van der Waals surface area contributed by atoms with Crippen molar-refractivity contribution in [3.05, 3.63) is 130 Å². The number of carbonyl (C=O) groups is 4. The van der Waals surface area contributed by atoms with E-state index in [9.17, 15) is 19.2 Å². The number of fused-ring (bicyclic) bond motifs is 4. The maximum Gasteiger partial charge on any atom is 0.196 e. The quantitative estimate of drug-likeness (QED) is 0.0930. The average Bonchev–Trinajstić information content (AvgIpc) is 3.60. The van der Waals surface area contributed by atoms with Crippen LogP contribution in [0.1, 0.15) is 72.8 Å². The van der Waals surface area contributed by atoms with Crippen LogP contribution in [0, 0.1) is 5.41 Å². The number of benzene rings is 4. The average molecular weight is 561 g/mol. The van der Waals surface area contributed by atoms with Gasteiger partial charge < -0.3 is 0 Å². The first-order chi connectivity index (χ1) is 20.3. The minimum absolute atomic E-state index is 0.276. The monoisotopic (exact) mass is 560 g/mol. The van der Waals surface area contributed by atoms with E-state index < -0.39 is 17.0 Å². The number of rotatable bonds is 10. The van der Waals surface area contributed by atoms with Crippen molar-refractivity contribution in [3.63, 3.8) is 0 Å². The molecule has 2 heterocycles. The Bertz CT molecular complexity index is 1660. The Morgan fingerprint density at radius 2 is 1.00 bits per heavy atom. The summed E-state index contributed by atoms with van der Waals surface area (Å²) in [7, 11) is 0. The summed E-state index contributed by atoms with van der Waals surface area (Å²) in [6.07, 6.45) is 4.00. The highest BCUT2D eigenvalue weighted by Gasteiger charge is 2.39. The van der Waals surface area contributed by atoms with E-state index in [1.54, 1.807) is 79.7 Å². The second-order valence-corrected chi connectivity index (χ2v) is 10.1. The van der Waals surface area contributed by atoms with Crippen LogP contribution in [0.3, 0.4) is 0 Å². The predicted octanol–water partition coefficient (Wildman–Crippen LogP) is 6.56. The van der Waals surface area contributed by atoms with Crippen molar-refractivity contribution < 1.29 is 38.7 Å². The molecule has 8 heteroatoms. The second kappa shape index (κ2) is 10.5.